The van der Waals surface area contributed by atoms with Gasteiger partial charge in [-0.1, -0.05) is 202 Å². The maximum absolute atomic E-state index is 2.56. The summed E-state index contributed by atoms with van der Waals surface area (Å²) in [4.78, 5) is 2.56. The Balaban J connectivity index is 1.10. The molecule has 0 unspecified atom stereocenters. The molecule has 0 aromatic heterocycles. The van der Waals surface area contributed by atoms with Gasteiger partial charge < -0.3 is 4.90 Å². The lowest BCUT2D eigenvalue weighted by Gasteiger charge is -2.32. The zero-order chi connectivity index (χ0) is 39.3. The van der Waals surface area contributed by atoms with Gasteiger partial charge in [-0.05, 0) is 102 Å². The SMILES string of the molecule is CC1(C)c2ccccc2-c2c(N(c3ccc(-c4ccc(-c5ccccc5)cc4)cc3)c3cccc4c3-c3ccccc3C43c4ccccc4-c4ccccc43)cccc21. The van der Waals surface area contributed by atoms with Gasteiger partial charge in [0.2, 0.25) is 0 Å². The highest BCUT2D eigenvalue weighted by Gasteiger charge is 2.52. The van der Waals surface area contributed by atoms with E-state index < -0.39 is 5.41 Å². The van der Waals surface area contributed by atoms with Crippen LogP contribution in [0.4, 0.5) is 17.1 Å². The Kier molecular flexibility index (Phi) is 7.26. The monoisotopic (exact) mass is 751 g/mol. The van der Waals surface area contributed by atoms with E-state index in [2.05, 4.69) is 231 Å². The van der Waals surface area contributed by atoms with E-state index in [1.807, 2.05) is 0 Å². The summed E-state index contributed by atoms with van der Waals surface area (Å²) in [6.45, 7) is 4.75. The van der Waals surface area contributed by atoms with Crippen LogP contribution in [0.3, 0.4) is 0 Å². The first-order valence-corrected chi connectivity index (χ1v) is 20.8. The van der Waals surface area contributed by atoms with Crippen molar-refractivity contribution in [2.24, 2.45) is 0 Å². The Bertz CT molecular complexity index is 3070. The highest BCUT2D eigenvalue weighted by Crippen LogP contribution is 2.65. The van der Waals surface area contributed by atoms with Gasteiger partial charge in [0.25, 0.3) is 0 Å². The maximum atomic E-state index is 2.56. The Hall–Kier alpha value is -7.22. The van der Waals surface area contributed by atoms with Crippen molar-refractivity contribution in [3.63, 3.8) is 0 Å². The van der Waals surface area contributed by atoms with E-state index in [1.54, 1.807) is 0 Å². The van der Waals surface area contributed by atoms with Gasteiger partial charge >= 0.3 is 0 Å². The molecule has 0 heterocycles. The molecule has 0 saturated carbocycles. The molecule has 0 fully saturated rings. The van der Waals surface area contributed by atoms with Crippen molar-refractivity contribution in [2.45, 2.75) is 24.7 Å². The van der Waals surface area contributed by atoms with Crippen molar-refractivity contribution in [1.82, 2.24) is 0 Å². The van der Waals surface area contributed by atoms with Crippen LogP contribution in [0, 0.1) is 0 Å². The predicted molar refractivity (Wildman–Crippen MR) is 246 cm³/mol. The molecular weight excluding hydrogens is 711 g/mol. The van der Waals surface area contributed by atoms with Crippen molar-refractivity contribution in [3.05, 3.63) is 246 Å². The molecule has 9 aromatic carbocycles. The Morgan fingerprint density at radius 3 is 1.22 bits per heavy atom. The third-order valence-electron chi connectivity index (χ3n) is 13.5. The van der Waals surface area contributed by atoms with E-state index in [0.717, 1.165) is 5.69 Å². The van der Waals surface area contributed by atoms with Crippen LogP contribution in [-0.2, 0) is 10.8 Å². The second kappa shape index (κ2) is 12.6. The second-order valence-electron chi connectivity index (χ2n) is 16.8. The first-order chi connectivity index (χ1) is 29.0. The van der Waals surface area contributed by atoms with E-state index in [9.17, 15) is 0 Å². The van der Waals surface area contributed by atoms with Gasteiger partial charge in [-0.3, -0.25) is 0 Å². The topological polar surface area (TPSA) is 3.24 Å². The fourth-order valence-corrected chi connectivity index (χ4v) is 10.9. The number of anilines is 3. The highest BCUT2D eigenvalue weighted by atomic mass is 15.1. The van der Waals surface area contributed by atoms with E-state index >= 15 is 0 Å². The first kappa shape index (κ1) is 33.9. The van der Waals surface area contributed by atoms with Gasteiger partial charge in [-0.15, -0.1) is 0 Å². The number of benzene rings is 9. The summed E-state index contributed by atoms with van der Waals surface area (Å²) in [6, 6.07) is 79.1. The number of rotatable bonds is 5. The average Bonchev–Trinajstić information content (AvgIpc) is 3.86. The molecule has 0 saturated heterocycles. The molecule has 0 N–H and O–H groups in total. The predicted octanol–water partition coefficient (Wildman–Crippen LogP) is 15.1. The van der Waals surface area contributed by atoms with Crippen LogP contribution in [0.25, 0.3) is 55.6 Å². The summed E-state index contributed by atoms with van der Waals surface area (Å²) < 4.78 is 0. The van der Waals surface area contributed by atoms with Crippen LogP contribution < -0.4 is 4.90 Å². The van der Waals surface area contributed by atoms with Crippen LogP contribution >= 0.6 is 0 Å². The minimum Gasteiger partial charge on any atom is -0.309 e. The highest BCUT2D eigenvalue weighted by molar-refractivity contribution is 6.03. The van der Waals surface area contributed by atoms with E-state index in [4.69, 9.17) is 0 Å². The lowest BCUT2D eigenvalue weighted by Crippen LogP contribution is -2.26. The molecule has 0 atom stereocenters. The van der Waals surface area contributed by atoms with Crippen LogP contribution in [0.5, 0.6) is 0 Å². The van der Waals surface area contributed by atoms with Crippen LogP contribution in [0.1, 0.15) is 47.2 Å². The average molecular weight is 752 g/mol. The zero-order valence-electron chi connectivity index (χ0n) is 33.2. The minimum atomic E-state index is -0.427. The van der Waals surface area contributed by atoms with E-state index in [0.29, 0.717) is 0 Å². The van der Waals surface area contributed by atoms with Crippen molar-refractivity contribution in [3.8, 4) is 55.6 Å². The van der Waals surface area contributed by atoms with Gasteiger partial charge in [0, 0.05) is 22.2 Å². The van der Waals surface area contributed by atoms with Gasteiger partial charge in [-0.2, -0.15) is 0 Å². The molecular formula is C58H41N. The Morgan fingerprint density at radius 2 is 0.661 bits per heavy atom. The molecule has 1 nitrogen and oxygen atoms in total. The van der Waals surface area contributed by atoms with Gasteiger partial charge in [0.1, 0.15) is 0 Å². The fourth-order valence-electron chi connectivity index (χ4n) is 10.9. The van der Waals surface area contributed by atoms with Crippen molar-refractivity contribution >= 4 is 17.1 Å². The van der Waals surface area contributed by atoms with Crippen LogP contribution in [0.2, 0.25) is 0 Å². The molecule has 59 heavy (non-hydrogen) atoms. The maximum Gasteiger partial charge on any atom is 0.0726 e. The molecule has 3 aliphatic rings. The summed E-state index contributed by atoms with van der Waals surface area (Å²) >= 11 is 0. The number of nitrogens with zero attached hydrogens (tertiary/aromatic N) is 1. The molecule has 9 aromatic rings. The van der Waals surface area contributed by atoms with Gasteiger partial charge in [0.05, 0.1) is 16.8 Å². The van der Waals surface area contributed by atoms with E-state index in [1.165, 1.54) is 100 Å². The summed E-state index contributed by atoms with van der Waals surface area (Å²) in [7, 11) is 0. The lowest BCUT2D eigenvalue weighted by atomic mass is 9.70. The number of hydrogen-bond donors (Lipinski definition) is 0. The minimum absolute atomic E-state index is 0.129. The molecule has 0 radical (unpaired) electrons. The summed E-state index contributed by atoms with van der Waals surface area (Å²) in [5.41, 5.74) is 23.8. The van der Waals surface area contributed by atoms with Crippen LogP contribution in [0.15, 0.2) is 212 Å². The molecule has 1 heteroatoms. The van der Waals surface area contributed by atoms with E-state index in [-0.39, 0.29) is 5.41 Å². The summed E-state index contributed by atoms with van der Waals surface area (Å²) in [6.07, 6.45) is 0. The first-order valence-electron chi connectivity index (χ1n) is 20.8. The Labute approximate surface area is 346 Å². The normalized spacial score (nSPS) is 14.2. The molecule has 278 valence electrons. The third-order valence-corrected chi connectivity index (χ3v) is 13.5. The molecule has 12 rings (SSSR count). The van der Waals surface area contributed by atoms with Crippen molar-refractivity contribution in [1.29, 1.82) is 0 Å². The number of hydrogen-bond acceptors (Lipinski definition) is 1. The lowest BCUT2D eigenvalue weighted by molar-refractivity contribution is 0.660. The van der Waals surface area contributed by atoms with Crippen molar-refractivity contribution < 1.29 is 0 Å². The molecule has 1 spiro atoms. The molecule has 0 amide bonds. The largest absolute Gasteiger partial charge is 0.309 e. The van der Waals surface area contributed by atoms with Crippen LogP contribution in [-0.4, -0.2) is 0 Å². The molecule has 3 aliphatic carbocycles. The Morgan fingerprint density at radius 1 is 0.288 bits per heavy atom. The third kappa shape index (κ3) is 4.67. The zero-order valence-corrected chi connectivity index (χ0v) is 33.2. The van der Waals surface area contributed by atoms with Crippen molar-refractivity contribution in [2.75, 3.05) is 4.90 Å². The standard InChI is InChI=1S/C58H41N/c1-57(2)47-22-10-8-20-45(47)55-51(57)26-14-28-53(55)59(42-36-34-41(35-37-42)40-32-30-39(31-33-40)38-16-4-3-5-17-38)54-29-15-27-52-56(54)46-21-9-13-25-50(46)58(52)48-23-11-6-18-43(48)44-19-7-12-24-49(44)58/h3-37H,1-2H3. The molecule has 0 aliphatic heterocycles. The second-order valence-corrected chi connectivity index (χ2v) is 16.8. The fraction of sp³-hybridized carbons (Fsp3) is 0.0690. The number of fused-ring (bicyclic) bond motifs is 13. The van der Waals surface area contributed by atoms with Gasteiger partial charge in [0.15, 0.2) is 0 Å². The molecule has 0 bridgehead atoms. The summed E-state index contributed by atoms with van der Waals surface area (Å²) in [5.74, 6) is 0. The smallest absolute Gasteiger partial charge is 0.0726 e. The quantitative estimate of drug-likeness (QED) is 0.169. The summed E-state index contributed by atoms with van der Waals surface area (Å²) in [5, 5.41) is 0. The van der Waals surface area contributed by atoms with Gasteiger partial charge in [-0.25, -0.2) is 0 Å².